The standard InChI is InChI=1S/C14H20O/c15-14-8-4-7-13(9-10-14)11-12-5-2-1-3-6-12/h1-3,5-6,13-15H,4,7-11H2. The molecular formula is C14H20O. The molecule has 1 fully saturated rings. The van der Waals surface area contributed by atoms with Gasteiger partial charge in [-0.25, -0.2) is 0 Å². The SMILES string of the molecule is OC1CCCC(Cc2ccccc2)CC1. The van der Waals surface area contributed by atoms with E-state index in [1.165, 1.54) is 31.2 Å². The van der Waals surface area contributed by atoms with Crippen molar-refractivity contribution in [2.24, 2.45) is 5.92 Å². The van der Waals surface area contributed by atoms with Gasteiger partial charge in [0.15, 0.2) is 0 Å². The minimum Gasteiger partial charge on any atom is -0.393 e. The summed E-state index contributed by atoms with van der Waals surface area (Å²) < 4.78 is 0. The quantitative estimate of drug-likeness (QED) is 0.734. The third-order valence-electron chi connectivity index (χ3n) is 3.43. The third-order valence-corrected chi connectivity index (χ3v) is 3.43. The summed E-state index contributed by atoms with van der Waals surface area (Å²) >= 11 is 0. The Bertz CT molecular complexity index is 281. The zero-order valence-electron chi connectivity index (χ0n) is 9.23. The molecule has 1 aromatic rings. The minimum atomic E-state index is -0.0363. The van der Waals surface area contributed by atoms with Crippen molar-refractivity contribution in [3.8, 4) is 0 Å². The van der Waals surface area contributed by atoms with E-state index in [9.17, 15) is 5.11 Å². The lowest BCUT2D eigenvalue weighted by atomic mass is 9.92. The molecule has 0 bridgehead atoms. The maximum Gasteiger partial charge on any atom is 0.0540 e. The van der Waals surface area contributed by atoms with Gasteiger partial charge in [-0.2, -0.15) is 0 Å². The van der Waals surface area contributed by atoms with Crippen molar-refractivity contribution in [3.63, 3.8) is 0 Å². The first-order valence-electron chi connectivity index (χ1n) is 6.06. The van der Waals surface area contributed by atoms with E-state index in [2.05, 4.69) is 30.3 Å². The monoisotopic (exact) mass is 204 g/mol. The lowest BCUT2D eigenvalue weighted by Crippen LogP contribution is -2.05. The normalized spacial score (nSPS) is 27.3. The summed E-state index contributed by atoms with van der Waals surface area (Å²) in [6, 6.07) is 10.7. The van der Waals surface area contributed by atoms with Gasteiger partial charge < -0.3 is 5.11 Å². The Balaban J connectivity index is 1.89. The van der Waals surface area contributed by atoms with Gasteiger partial charge in [0.05, 0.1) is 6.10 Å². The van der Waals surface area contributed by atoms with Gasteiger partial charge in [0.1, 0.15) is 0 Å². The summed E-state index contributed by atoms with van der Waals surface area (Å²) in [5.41, 5.74) is 1.44. The molecule has 15 heavy (non-hydrogen) atoms. The van der Waals surface area contributed by atoms with Crippen molar-refractivity contribution in [2.75, 3.05) is 0 Å². The average Bonchev–Trinajstić information content (AvgIpc) is 2.46. The maximum absolute atomic E-state index is 9.57. The predicted octanol–water partition coefficient (Wildman–Crippen LogP) is 3.17. The van der Waals surface area contributed by atoms with Crippen LogP contribution in [-0.4, -0.2) is 11.2 Å². The highest BCUT2D eigenvalue weighted by molar-refractivity contribution is 5.15. The van der Waals surface area contributed by atoms with Gasteiger partial charge >= 0.3 is 0 Å². The van der Waals surface area contributed by atoms with Crippen molar-refractivity contribution in [3.05, 3.63) is 35.9 Å². The summed E-state index contributed by atoms with van der Waals surface area (Å²) in [5.74, 6) is 0.782. The molecule has 1 aromatic carbocycles. The molecular weight excluding hydrogens is 184 g/mol. The maximum atomic E-state index is 9.57. The van der Waals surface area contributed by atoms with E-state index < -0.39 is 0 Å². The Morgan fingerprint density at radius 2 is 1.80 bits per heavy atom. The highest BCUT2D eigenvalue weighted by atomic mass is 16.3. The number of rotatable bonds is 2. The third kappa shape index (κ3) is 3.35. The molecule has 0 spiro atoms. The van der Waals surface area contributed by atoms with Crippen LogP contribution in [0.25, 0.3) is 0 Å². The molecule has 2 atom stereocenters. The van der Waals surface area contributed by atoms with E-state index in [0.717, 1.165) is 18.8 Å². The van der Waals surface area contributed by atoms with Gasteiger partial charge in [0.2, 0.25) is 0 Å². The van der Waals surface area contributed by atoms with Crippen LogP contribution in [-0.2, 0) is 6.42 Å². The van der Waals surface area contributed by atoms with Crippen molar-refractivity contribution >= 4 is 0 Å². The first-order chi connectivity index (χ1) is 7.34. The fraction of sp³-hybridized carbons (Fsp3) is 0.571. The summed E-state index contributed by atoms with van der Waals surface area (Å²) in [6.45, 7) is 0. The van der Waals surface area contributed by atoms with Gasteiger partial charge in [-0.15, -0.1) is 0 Å². The molecule has 0 aromatic heterocycles. The molecule has 0 heterocycles. The highest BCUT2D eigenvalue weighted by Crippen LogP contribution is 2.26. The van der Waals surface area contributed by atoms with Crippen molar-refractivity contribution < 1.29 is 5.11 Å². The molecule has 82 valence electrons. The zero-order chi connectivity index (χ0) is 10.5. The van der Waals surface area contributed by atoms with Crippen LogP contribution in [0.1, 0.15) is 37.7 Å². The largest absolute Gasteiger partial charge is 0.393 e. The van der Waals surface area contributed by atoms with E-state index in [1.807, 2.05) is 0 Å². The van der Waals surface area contributed by atoms with Gasteiger partial charge in [-0.05, 0) is 37.2 Å². The Morgan fingerprint density at radius 1 is 1.00 bits per heavy atom. The molecule has 1 saturated carbocycles. The molecule has 1 nitrogen and oxygen atoms in total. The molecule has 1 aliphatic rings. The van der Waals surface area contributed by atoms with E-state index >= 15 is 0 Å². The van der Waals surface area contributed by atoms with Crippen LogP contribution in [0.3, 0.4) is 0 Å². The van der Waals surface area contributed by atoms with Gasteiger partial charge in [-0.1, -0.05) is 43.2 Å². The highest BCUT2D eigenvalue weighted by Gasteiger charge is 2.17. The minimum absolute atomic E-state index is 0.0363. The van der Waals surface area contributed by atoms with E-state index in [0.29, 0.717) is 0 Å². The second-order valence-corrected chi connectivity index (χ2v) is 4.72. The van der Waals surface area contributed by atoms with Crippen molar-refractivity contribution in [1.29, 1.82) is 0 Å². The lowest BCUT2D eigenvalue weighted by molar-refractivity contribution is 0.156. The van der Waals surface area contributed by atoms with Crippen LogP contribution in [0.4, 0.5) is 0 Å². The van der Waals surface area contributed by atoms with Gasteiger partial charge in [-0.3, -0.25) is 0 Å². The molecule has 1 aliphatic carbocycles. The molecule has 1 heteroatoms. The number of aliphatic hydroxyl groups excluding tert-OH is 1. The van der Waals surface area contributed by atoms with Crippen molar-refractivity contribution in [2.45, 2.75) is 44.6 Å². The second kappa shape index (κ2) is 5.32. The van der Waals surface area contributed by atoms with Crippen molar-refractivity contribution in [1.82, 2.24) is 0 Å². The topological polar surface area (TPSA) is 20.2 Å². The van der Waals surface area contributed by atoms with Crippen LogP contribution in [0, 0.1) is 5.92 Å². The first-order valence-corrected chi connectivity index (χ1v) is 6.06. The Morgan fingerprint density at radius 3 is 2.60 bits per heavy atom. The number of hydrogen-bond acceptors (Lipinski definition) is 1. The molecule has 1 N–H and O–H groups in total. The molecule has 0 amide bonds. The van der Waals surface area contributed by atoms with E-state index in [4.69, 9.17) is 0 Å². The van der Waals surface area contributed by atoms with E-state index in [-0.39, 0.29) is 6.10 Å². The number of hydrogen-bond donors (Lipinski definition) is 1. The lowest BCUT2D eigenvalue weighted by Gasteiger charge is -2.13. The average molecular weight is 204 g/mol. The van der Waals surface area contributed by atoms with Crippen LogP contribution in [0.5, 0.6) is 0 Å². The zero-order valence-corrected chi connectivity index (χ0v) is 9.23. The Labute approximate surface area is 92.1 Å². The summed E-state index contributed by atoms with van der Waals surface area (Å²) in [4.78, 5) is 0. The van der Waals surface area contributed by atoms with Gasteiger partial charge in [0, 0.05) is 0 Å². The van der Waals surface area contributed by atoms with Crippen LogP contribution in [0.2, 0.25) is 0 Å². The smallest absolute Gasteiger partial charge is 0.0540 e. The fourth-order valence-corrected chi connectivity index (χ4v) is 2.51. The van der Waals surface area contributed by atoms with Crippen LogP contribution < -0.4 is 0 Å². The summed E-state index contributed by atoms with van der Waals surface area (Å²) in [6.07, 6.45) is 6.82. The molecule has 0 radical (unpaired) electrons. The van der Waals surface area contributed by atoms with Crippen LogP contribution in [0.15, 0.2) is 30.3 Å². The Hall–Kier alpha value is -0.820. The molecule has 0 aliphatic heterocycles. The summed E-state index contributed by atoms with van der Waals surface area (Å²) in [5, 5.41) is 9.57. The molecule has 2 rings (SSSR count). The fourth-order valence-electron chi connectivity index (χ4n) is 2.51. The predicted molar refractivity (Wildman–Crippen MR) is 62.7 cm³/mol. The van der Waals surface area contributed by atoms with E-state index in [1.54, 1.807) is 0 Å². The second-order valence-electron chi connectivity index (χ2n) is 4.72. The van der Waals surface area contributed by atoms with Gasteiger partial charge in [0.25, 0.3) is 0 Å². The first kappa shape index (κ1) is 10.7. The van der Waals surface area contributed by atoms with Crippen LogP contribution >= 0.6 is 0 Å². The number of aliphatic hydroxyl groups is 1. The molecule has 0 saturated heterocycles. The summed E-state index contributed by atoms with van der Waals surface area (Å²) in [7, 11) is 0. The Kier molecular flexibility index (Phi) is 3.79. The number of benzene rings is 1. The molecule has 2 unspecified atom stereocenters.